The van der Waals surface area contributed by atoms with Crippen LogP contribution in [0.15, 0.2) is 30.4 Å². The van der Waals surface area contributed by atoms with Gasteiger partial charge in [-0.1, -0.05) is 18.2 Å². The van der Waals surface area contributed by atoms with Gasteiger partial charge in [0.1, 0.15) is 5.75 Å². The fourth-order valence-corrected chi connectivity index (χ4v) is 3.68. The van der Waals surface area contributed by atoms with E-state index in [0.29, 0.717) is 5.92 Å². The molecule has 1 aromatic rings. The highest BCUT2D eigenvalue weighted by atomic mass is 16.5. The molecule has 2 nitrogen and oxygen atoms in total. The van der Waals surface area contributed by atoms with Crippen LogP contribution in [0.4, 0.5) is 0 Å². The third-order valence-electron chi connectivity index (χ3n) is 4.73. The summed E-state index contributed by atoms with van der Waals surface area (Å²) < 4.78 is 5.40. The standard InChI is InChI=1S/C16H21NO/c1-17-16-10-4-3-5-13(16)8-6-12-7-9-14(18-2)11-15(12)16/h3-4,7,9,11,13,17H,5-6,8,10H2,1-2H3/t13-,16+/m0/s1. The summed E-state index contributed by atoms with van der Waals surface area (Å²) in [6.45, 7) is 0. The molecule has 0 bridgehead atoms. The number of aryl methyl sites for hydroxylation is 1. The average molecular weight is 243 g/mol. The van der Waals surface area contributed by atoms with Crippen LogP contribution in [0.2, 0.25) is 0 Å². The van der Waals surface area contributed by atoms with Crippen LogP contribution >= 0.6 is 0 Å². The molecule has 2 aliphatic carbocycles. The first-order valence-electron chi connectivity index (χ1n) is 6.81. The lowest BCUT2D eigenvalue weighted by molar-refractivity contribution is 0.187. The normalized spacial score (nSPS) is 29.6. The lowest BCUT2D eigenvalue weighted by atomic mass is 9.64. The Kier molecular flexibility index (Phi) is 2.90. The predicted octanol–water partition coefficient (Wildman–Crippen LogP) is 3.02. The second-order valence-corrected chi connectivity index (χ2v) is 5.39. The molecule has 1 aromatic carbocycles. The van der Waals surface area contributed by atoms with Gasteiger partial charge in [-0.2, -0.15) is 0 Å². The number of fused-ring (bicyclic) bond motifs is 3. The van der Waals surface area contributed by atoms with Crippen molar-refractivity contribution in [2.45, 2.75) is 31.2 Å². The van der Waals surface area contributed by atoms with Gasteiger partial charge in [0.05, 0.1) is 12.6 Å². The van der Waals surface area contributed by atoms with Crippen molar-refractivity contribution in [3.8, 4) is 5.75 Å². The van der Waals surface area contributed by atoms with Crippen molar-refractivity contribution >= 4 is 0 Å². The van der Waals surface area contributed by atoms with Crippen molar-refractivity contribution in [3.05, 3.63) is 41.5 Å². The molecule has 0 heterocycles. The van der Waals surface area contributed by atoms with Gasteiger partial charge in [0, 0.05) is 0 Å². The van der Waals surface area contributed by atoms with Crippen LogP contribution < -0.4 is 10.1 Å². The molecule has 0 saturated carbocycles. The van der Waals surface area contributed by atoms with Gasteiger partial charge in [0.15, 0.2) is 0 Å². The lowest BCUT2D eigenvalue weighted by Crippen LogP contribution is -2.50. The van der Waals surface area contributed by atoms with E-state index in [-0.39, 0.29) is 5.54 Å². The Bertz CT molecular complexity index is 480. The molecule has 3 rings (SSSR count). The number of nitrogens with one attached hydrogen (secondary N) is 1. The first-order chi connectivity index (χ1) is 8.80. The summed E-state index contributed by atoms with van der Waals surface area (Å²) in [6, 6.07) is 6.56. The predicted molar refractivity (Wildman–Crippen MR) is 73.9 cm³/mol. The molecule has 1 N–H and O–H groups in total. The van der Waals surface area contributed by atoms with Crippen LogP contribution in [-0.2, 0) is 12.0 Å². The quantitative estimate of drug-likeness (QED) is 0.806. The summed E-state index contributed by atoms with van der Waals surface area (Å²) in [4.78, 5) is 0. The number of ether oxygens (including phenoxy) is 1. The Labute approximate surface area is 109 Å². The van der Waals surface area contributed by atoms with Gasteiger partial charge in [-0.15, -0.1) is 0 Å². The molecule has 0 aliphatic heterocycles. The maximum Gasteiger partial charge on any atom is 0.119 e. The van der Waals surface area contributed by atoms with Crippen LogP contribution in [0.1, 0.15) is 30.4 Å². The van der Waals surface area contributed by atoms with Crippen LogP contribution in [0.25, 0.3) is 0 Å². The van der Waals surface area contributed by atoms with Crippen LogP contribution in [-0.4, -0.2) is 14.2 Å². The molecular formula is C16H21NO. The van der Waals surface area contributed by atoms with E-state index in [1.54, 1.807) is 7.11 Å². The fraction of sp³-hybridized carbons (Fsp3) is 0.500. The number of allylic oxidation sites excluding steroid dienone is 1. The highest BCUT2D eigenvalue weighted by molar-refractivity contribution is 5.44. The van der Waals surface area contributed by atoms with Gasteiger partial charge >= 0.3 is 0 Å². The van der Waals surface area contributed by atoms with Gasteiger partial charge in [-0.3, -0.25) is 0 Å². The Balaban J connectivity index is 2.14. The van der Waals surface area contributed by atoms with E-state index in [0.717, 1.165) is 12.2 Å². The summed E-state index contributed by atoms with van der Waals surface area (Å²) >= 11 is 0. The third kappa shape index (κ3) is 1.59. The Morgan fingerprint density at radius 2 is 2.22 bits per heavy atom. The van der Waals surface area contributed by atoms with Crippen LogP contribution in [0.3, 0.4) is 0 Å². The minimum absolute atomic E-state index is 0.122. The molecule has 0 saturated heterocycles. The average Bonchev–Trinajstić information content (AvgIpc) is 2.46. The second kappa shape index (κ2) is 4.43. The Hall–Kier alpha value is -1.28. The molecule has 0 spiro atoms. The molecule has 0 fully saturated rings. The van der Waals surface area contributed by atoms with Crippen molar-refractivity contribution in [2.24, 2.45) is 5.92 Å². The van der Waals surface area contributed by atoms with E-state index >= 15 is 0 Å². The molecule has 2 heteroatoms. The number of hydrogen-bond acceptors (Lipinski definition) is 2. The van der Waals surface area contributed by atoms with Gasteiger partial charge in [0.2, 0.25) is 0 Å². The van der Waals surface area contributed by atoms with Gasteiger partial charge in [0.25, 0.3) is 0 Å². The van der Waals surface area contributed by atoms with Crippen molar-refractivity contribution in [1.82, 2.24) is 5.32 Å². The summed E-state index contributed by atoms with van der Waals surface area (Å²) in [5.41, 5.74) is 3.05. The highest BCUT2D eigenvalue weighted by Crippen LogP contribution is 2.46. The van der Waals surface area contributed by atoms with Crippen molar-refractivity contribution in [1.29, 1.82) is 0 Å². The smallest absolute Gasteiger partial charge is 0.119 e. The van der Waals surface area contributed by atoms with Gasteiger partial charge in [-0.05, 0) is 61.9 Å². The molecule has 0 unspecified atom stereocenters. The molecule has 96 valence electrons. The summed E-state index contributed by atoms with van der Waals surface area (Å²) in [6.07, 6.45) is 9.42. The van der Waals surface area contributed by atoms with Crippen molar-refractivity contribution in [2.75, 3.05) is 14.2 Å². The molecule has 0 amide bonds. The van der Waals surface area contributed by atoms with Gasteiger partial charge in [-0.25, -0.2) is 0 Å². The Morgan fingerprint density at radius 1 is 1.33 bits per heavy atom. The van der Waals surface area contributed by atoms with E-state index in [4.69, 9.17) is 4.74 Å². The molecule has 18 heavy (non-hydrogen) atoms. The maximum absolute atomic E-state index is 5.40. The number of hydrogen-bond donors (Lipinski definition) is 1. The minimum atomic E-state index is 0.122. The number of benzene rings is 1. The summed E-state index contributed by atoms with van der Waals surface area (Å²) in [7, 11) is 3.84. The van der Waals surface area contributed by atoms with Crippen molar-refractivity contribution in [3.63, 3.8) is 0 Å². The van der Waals surface area contributed by atoms with E-state index < -0.39 is 0 Å². The summed E-state index contributed by atoms with van der Waals surface area (Å²) in [5.74, 6) is 1.69. The lowest BCUT2D eigenvalue weighted by Gasteiger charge is -2.47. The highest BCUT2D eigenvalue weighted by Gasteiger charge is 2.43. The maximum atomic E-state index is 5.40. The van der Waals surface area contributed by atoms with E-state index in [9.17, 15) is 0 Å². The first kappa shape index (κ1) is 11.8. The molecular weight excluding hydrogens is 222 g/mol. The molecule has 0 radical (unpaired) electrons. The zero-order valence-corrected chi connectivity index (χ0v) is 11.2. The minimum Gasteiger partial charge on any atom is -0.497 e. The SMILES string of the molecule is CN[C@]12CC=CC[C@H]1CCc1ccc(OC)cc12. The van der Waals surface area contributed by atoms with E-state index in [1.807, 2.05) is 0 Å². The zero-order valence-electron chi connectivity index (χ0n) is 11.2. The number of methoxy groups -OCH3 is 1. The topological polar surface area (TPSA) is 21.3 Å². The van der Waals surface area contributed by atoms with E-state index in [1.165, 1.54) is 30.4 Å². The Morgan fingerprint density at radius 3 is 3.00 bits per heavy atom. The summed E-state index contributed by atoms with van der Waals surface area (Å²) in [5, 5.41) is 3.62. The zero-order chi connectivity index (χ0) is 12.6. The largest absolute Gasteiger partial charge is 0.497 e. The number of rotatable bonds is 2. The van der Waals surface area contributed by atoms with Gasteiger partial charge < -0.3 is 10.1 Å². The van der Waals surface area contributed by atoms with Crippen LogP contribution in [0.5, 0.6) is 5.75 Å². The monoisotopic (exact) mass is 243 g/mol. The fourth-order valence-electron chi connectivity index (χ4n) is 3.68. The van der Waals surface area contributed by atoms with Crippen LogP contribution in [0, 0.1) is 5.92 Å². The molecule has 2 aliphatic rings. The van der Waals surface area contributed by atoms with Crippen molar-refractivity contribution < 1.29 is 4.74 Å². The van der Waals surface area contributed by atoms with E-state index in [2.05, 4.69) is 42.7 Å². The second-order valence-electron chi connectivity index (χ2n) is 5.39. The third-order valence-corrected chi connectivity index (χ3v) is 4.73. The molecule has 2 atom stereocenters. The molecule has 0 aromatic heterocycles. The first-order valence-corrected chi connectivity index (χ1v) is 6.81.